The highest BCUT2D eigenvalue weighted by molar-refractivity contribution is 6.28. The molecule has 88 valence electrons. The molecule has 0 aliphatic rings. The second kappa shape index (κ2) is 5.45. The number of hydrogen-bond acceptors (Lipinski definition) is 6. The Kier molecular flexibility index (Phi) is 4.24. The van der Waals surface area contributed by atoms with E-state index < -0.39 is 0 Å². The molecule has 7 nitrogen and oxygen atoms in total. The van der Waals surface area contributed by atoms with Crippen molar-refractivity contribution in [2.24, 2.45) is 5.73 Å². The summed E-state index contributed by atoms with van der Waals surface area (Å²) in [5, 5.41) is 2.94. The summed E-state index contributed by atoms with van der Waals surface area (Å²) in [7, 11) is 3.58. The summed E-state index contributed by atoms with van der Waals surface area (Å²) in [5.41, 5.74) is 5.00. The molecule has 1 aromatic heterocycles. The van der Waals surface area contributed by atoms with E-state index in [9.17, 15) is 4.79 Å². The number of rotatable bonds is 5. The van der Waals surface area contributed by atoms with Crippen LogP contribution >= 0.6 is 11.6 Å². The first-order valence-electron chi connectivity index (χ1n) is 4.60. The van der Waals surface area contributed by atoms with E-state index in [0.29, 0.717) is 18.4 Å². The van der Waals surface area contributed by atoms with E-state index in [2.05, 4.69) is 20.3 Å². The highest BCUT2D eigenvalue weighted by atomic mass is 35.5. The van der Waals surface area contributed by atoms with Crippen molar-refractivity contribution in [3.8, 4) is 0 Å². The monoisotopic (exact) mass is 244 g/mol. The van der Waals surface area contributed by atoms with Crippen LogP contribution in [0.15, 0.2) is 0 Å². The predicted molar refractivity (Wildman–Crippen MR) is 61.5 cm³/mol. The molecule has 0 spiro atoms. The number of carbonyl (C=O) groups is 1. The van der Waals surface area contributed by atoms with Gasteiger partial charge in [0.1, 0.15) is 0 Å². The Bertz CT molecular complexity index is 383. The number of halogens is 1. The molecule has 1 aromatic rings. The van der Waals surface area contributed by atoms with Gasteiger partial charge in [-0.2, -0.15) is 15.0 Å². The number of nitrogens with two attached hydrogens (primary N) is 1. The highest BCUT2D eigenvalue weighted by Crippen LogP contribution is 2.11. The largest absolute Gasteiger partial charge is 0.370 e. The number of aromatic nitrogens is 3. The lowest BCUT2D eigenvalue weighted by molar-refractivity contribution is -0.117. The average Bonchev–Trinajstić information content (AvgIpc) is 2.16. The zero-order valence-corrected chi connectivity index (χ0v) is 9.82. The van der Waals surface area contributed by atoms with Gasteiger partial charge in [-0.3, -0.25) is 4.79 Å². The number of amides is 1. The Hall–Kier alpha value is -1.63. The van der Waals surface area contributed by atoms with Gasteiger partial charge in [-0.05, 0) is 11.6 Å². The van der Waals surface area contributed by atoms with Crippen molar-refractivity contribution in [1.82, 2.24) is 15.0 Å². The van der Waals surface area contributed by atoms with Crippen LogP contribution < -0.4 is 16.0 Å². The predicted octanol–water partition coefficient (Wildman–Crippen LogP) is -0.122. The van der Waals surface area contributed by atoms with Crippen LogP contribution in [0.3, 0.4) is 0 Å². The average molecular weight is 245 g/mol. The number of carbonyl (C=O) groups excluding carboxylic acids is 1. The minimum atomic E-state index is -0.388. The van der Waals surface area contributed by atoms with E-state index in [1.165, 1.54) is 0 Å². The van der Waals surface area contributed by atoms with E-state index in [1.54, 1.807) is 19.0 Å². The Morgan fingerprint density at radius 1 is 1.44 bits per heavy atom. The first-order chi connectivity index (χ1) is 7.49. The molecule has 0 aromatic carbocycles. The maximum absolute atomic E-state index is 10.5. The summed E-state index contributed by atoms with van der Waals surface area (Å²) in [6.07, 6.45) is 0.209. The van der Waals surface area contributed by atoms with E-state index in [1.807, 2.05) is 0 Å². The Morgan fingerprint density at radius 3 is 2.69 bits per heavy atom. The molecule has 3 N–H and O–H groups in total. The molecule has 0 unspecified atom stereocenters. The van der Waals surface area contributed by atoms with Gasteiger partial charge in [0.15, 0.2) is 0 Å². The lowest BCUT2D eigenvalue weighted by atomic mass is 10.4. The van der Waals surface area contributed by atoms with Gasteiger partial charge in [0, 0.05) is 27.1 Å². The van der Waals surface area contributed by atoms with Crippen molar-refractivity contribution in [3.05, 3.63) is 5.28 Å². The molecule has 1 amide bonds. The molecule has 0 saturated heterocycles. The van der Waals surface area contributed by atoms with Crippen LogP contribution in [0.2, 0.25) is 5.28 Å². The van der Waals surface area contributed by atoms with Crippen LogP contribution in [0.1, 0.15) is 6.42 Å². The van der Waals surface area contributed by atoms with Gasteiger partial charge in [-0.25, -0.2) is 0 Å². The Balaban J connectivity index is 2.69. The molecular weight excluding hydrogens is 232 g/mol. The summed E-state index contributed by atoms with van der Waals surface area (Å²) in [4.78, 5) is 24.1. The molecule has 0 fully saturated rings. The summed E-state index contributed by atoms with van der Waals surface area (Å²) in [5.74, 6) is 0.381. The molecule has 1 rings (SSSR count). The van der Waals surface area contributed by atoms with Crippen LogP contribution in [0.5, 0.6) is 0 Å². The van der Waals surface area contributed by atoms with E-state index in [4.69, 9.17) is 17.3 Å². The molecule has 0 bridgehead atoms. The van der Waals surface area contributed by atoms with Crippen LogP contribution in [-0.4, -0.2) is 41.5 Å². The molecule has 0 atom stereocenters. The molecule has 0 saturated carbocycles. The van der Waals surface area contributed by atoms with Gasteiger partial charge < -0.3 is 16.0 Å². The van der Waals surface area contributed by atoms with Crippen LogP contribution in [0, 0.1) is 0 Å². The zero-order valence-electron chi connectivity index (χ0n) is 9.07. The molecule has 0 aliphatic heterocycles. The minimum Gasteiger partial charge on any atom is -0.370 e. The van der Waals surface area contributed by atoms with Crippen molar-refractivity contribution in [2.45, 2.75) is 6.42 Å². The number of nitrogens with one attached hydrogen (secondary N) is 1. The summed E-state index contributed by atoms with van der Waals surface area (Å²) < 4.78 is 0. The van der Waals surface area contributed by atoms with Gasteiger partial charge in [-0.15, -0.1) is 0 Å². The maximum Gasteiger partial charge on any atom is 0.230 e. The normalized spacial score (nSPS) is 9.94. The van der Waals surface area contributed by atoms with Crippen LogP contribution in [0.25, 0.3) is 0 Å². The fourth-order valence-electron chi connectivity index (χ4n) is 0.916. The lowest BCUT2D eigenvalue weighted by Crippen LogP contribution is -2.18. The quantitative estimate of drug-likeness (QED) is 0.750. The minimum absolute atomic E-state index is 0.0975. The van der Waals surface area contributed by atoms with Gasteiger partial charge in [0.25, 0.3) is 0 Å². The van der Waals surface area contributed by atoms with Gasteiger partial charge >= 0.3 is 0 Å². The van der Waals surface area contributed by atoms with Crippen molar-refractivity contribution in [3.63, 3.8) is 0 Å². The molecule has 8 heteroatoms. The molecular formula is C8H13ClN6O. The first kappa shape index (κ1) is 12.4. The van der Waals surface area contributed by atoms with E-state index in [0.717, 1.165) is 0 Å². The Labute approximate surface area is 98.0 Å². The first-order valence-corrected chi connectivity index (χ1v) is 4.98. The zero-order chi connectivity index (χ0) is 12.1. The lowest BCUT2D eigenvalue weighted by Gasteiger charge is -2.11. The maximum atomic E-state index is 10.5. The smallest absolute Gasteiger partial charge is 0.230 e. The standard InChI is InChI=1S/C8H13ClN6O/c1-15(2)8-13-6(9)12-7(14-8)11-4-3-5(10)16/h3-4H2,1-2H3,(H2,10,16)(H,11,12,13,14). The second-order valence-electron chi connectivity index (χ2n) is 3.27. The number of hydrogen-bond donors (Lipinski definition) is 2. The SMILES string of the molecule is CN(C)c1nc(Cl)nc(NCCC(N)=O)n1. The van der Waals surface area contributed by atoms with Crippen molar-refractivity contribution in [2.75, 3.05) is 30.9 Å². The molecule has 16 heavy (non-hydrogen) atoms. The van der Waals surface area contributed by atoms with Crippen LogP contribution in [0.4, 0.5) is 11.9 Å². The fraction of sp³-hybridized carbons (Fsp3) is 0.500. The van der Waals surface area contributed by atoms with Gasteiger partial charge in [0.2, 0.25) is 23.1 Å². The molecule has 0 aliphatic carbocycles. The summed E-state index contributed by atoms with van der Waals surface area (Å²) in [6.45, 7) is 0.364. The van der Waals surface area contributed by atoms with Crippen molar-refractivity contribution in [1.29, 1.82) is 0 Å². The third-order valence-corrected chi connectivity index (χ3v) is 1.82. The fourth-order valence-corrected chi connectivity index (χ4v) is 1.07. The number of primary amides is 1. The topological polar surface area (TPSA) is 97.0 Å². The van der Waals surface area contributed by atoms with Crippen LogP contribution in [-0.2, 0) is 4.79 Å². The highest BCUT2D eigenvalue weighted by Gasteiger charge is 2.06. The van der Waals surface area contributed by atoms with Crippen molar-refractivity contribution < 1.29 is 4.79 Å². The summed E-state index contributed by atoms with van der Waals surface area (Å²) >= 11 is 5.72. The number of anilines is 2. The number of nitrogens with zero attached hydrogens (tertiary/aromatic N) is 4. The van der Waals surface area contributed by atoms with Crippen molar-refractivity contribution >= 4 is 29.4 Å². The third-order valence-electron chi connectivity index (χ3n) is 1.65. The second-order valence-corrected chi connectivity index (χ2v) is 3.60. The van der Waals surface area contributed by atoms with Gasteiger partial charge in [-0.1, -0.05) is 0 Å². The van der Waals surface area contributed by atoms with E-state index >= 15 is 0 Å². The van der Waals surface area contributed by atoms with E-state index in [-0.39, 0.29) is 17.6 Å². The third kappa shape index (κ3) is 3.85. The molecule has 1 heterocycles. The van der Waals surface area contributed by atoms with Gasteiger partial charge in [0.05, 0.1) is 0 Å². The molecule has 0 radical (unpaired) electrons. The summed E-state index contributed by atoms with van der Waals surface area (Å²) in [6, 6.07) is 0. The Morgan fingerprint density at radius 2 is 2.12 bits per heavy atom.